The number of amides is 1. The third kappa shape index (κ3) is 4.59. The van der Waals surface area contributed by atoms with Gasteiger partial charge in [-0.05, 0) is 36.1 Å². The van der Waals surface area contributed by atoms with E-state index in [4.69, 9.17) is 14.7 Å². The topological polar surface area (TPSA) is 76.3 Å². The van der Waals surface area contributed by atoms with Crippen LogP contribution in [0.5, 0.6) is 11.5 Å². The number of benzene rings is 2. The van der Waals surface area contributed by atoms with Gasteiger partial charge in [-0.25, -0.2) is 0 Å². The lowest BCUT2D eigenvalue weighted by Gasteiger charge is -2.11. The minimum Gasteiger partial charge on any atom is -0.493 e. The second kappa shape index (κ2) is 8.77. The van der Waals surface area contributed by atoms with Crippen molar-refractivity contribution in [3.8, 4) is 17.6 Å². The fourth-order valence-corrected chi connectivity index (χ4v) is 2.86. The Kier molecular flexibility index (Phi) is 5.95. The van der Waals surface area contributed by atoms with Crippen LogP contribution >= 0.6 is 0 Å². The Hall–Kier alpha value is -3.46. The predicted molar refractivity (Wildman–Crippen MR) is 103 cm³/mol. The first-order valence-electron chi connectivity index (χ1n) is 8.73. The first kappa shape index (κ1) is 18.3. The number of para-hydroxylation sites is 1. The van der Waals surface area contributed by atoms with Gasteiger partial charge in [-0.15, -0.1) is 0 Å². The second-order valence-electron chi connectivity index (χ2n) is 6.04. The molecule has 6 nitrogen and oxygen atoms in total. The normalized spacial score (nSPS) is 10.4. The van der Waals surface area contributed by atoms with Crippen molar-refractivity contribution in [2.24, 2.45) is 0 Å². The van der Waals surface area contributed by atoms with E-state index in [1.165, 1.54) is 18.0 Å². The van der Waals surface area contributed by atoms with Crippen molar-refractivity contribution in [1.82, 2.24) is 9.88 Å². The molecule has 1 amide bonds. The van der Waals surface area contributed by atoms with Gasteiger partial charge in [-0.2, -0.15) is 5.26 Å². The van der Waals surface area contributed by atoms with Crippen LogP contribution in [0.1, 0.15) is 12.0 Å². The van der Waals surface area contributed by atoms with E-state index in [0.29, 0.717) is 23.6 Å². The zero-order chi connectivity index (χ0) is 19.1. The Balaban J connectivity index is 1.43. The minimum absolute atomic E-state index is 0.102. The molecule has 2 aromatic carbocycles. The molecule has 3 rings (SSSR count). The predicted octanol–water partition coefficient (Wildman–Crippen LogP) is 3.11. The number of ether oxygens (including phenoxy) is 2. The summed E-state index contributed by atoms with van der Waals surface area (Å²) < 4.78 is 12.9. The van der Waals surface area contributed by atoms with Gasteiger partial charge in [-0.3, -0.25) is 4.79 Å². The zero-order valence-electron chi connectivity index (χ0n) is 15.1. The van der Waals surface area contributed by atoms with Gasteiger partial charge in [0.25, 0.3) is 5.91 Å². The molecule has 27 heavy (non-hydrogen) atoms. The van der Waals surface area contributed by atoms with Crippen molar-refractivity contribution in [2.75, 3.05) is 20.3 Å². The lowest BCUT2D eigenvalue weighted by molar-refractivity contribution is -0.123. The molecule has 1 aromatic heterocycles. The number of methoxy groups -OCH3 is 1. The number of hydrogen-bond acceptors (Lipinski definition) is 4. The van der Waals surface area contributed by atoms with Crippen molar-refractivity contribution in [3.05, 3.63) is 60.3 Å². The molecular weight excluding hydrogens is 342 g/mol. The van der Waals surface area contributed by atoms with Crippen molar-refractivity contribution >= 4 is 16.8 Å². The summed E-state index contributed by atoms with van der Waals surface area (Å²) in [5.41, 5.74) is 1.67. The van der Waals surface area contributed by atoms with E-state index < -0.39 is 0 Å². The molecule has 0 spiro atoms. The molecule has 0 aliphatic rings. The van der Waals surface area contributed by atoms with E-state index in [9.17, 15) is 4.79 Å². The number of nitrogens with one attached hydrogen (secondary N) is 1. The standard InChI is InChI=1S/C21H21N3O3/c1-26-20-13-16(14-22)7-8-19(20)27-15-21(25)23-10-4-11-24-12-9-17-5-2-3-6-18(17)24/h2-3,5-9,12-13H,4,10-11,15H2,1H3,(H,23,25). The largest absolute Gasteiger partial charge is 0.493 e. The summed E-state index contributed by atoms with van der Waals surface area (Å²) in [6.45, 7) is 1.30. The maximum absolute atomic E-state index is 12.0. The zero-order valence-corrected chi connectivity index (χ0v) is 15.1. The smallest absolute Gasteiger partial charge is 0.257 e. The van der Waals surface area contributed by atoms with Crippen LogP contribution in [0.4, 0.5) is 0 Å². The molecular formula is C21H21N3O3. The van der Waals surface area contributed by atoms with E-state index in [2.05, 4.69) is 34.3 Å². The molecule has 6 heteroatoms. The highest BCUT2D eigenvalue weighted by molar-refractivity contribution is 5.80. The van der Waals surface area contributed by atoms with Gasteiger partial charge in [0.2, 0.25) is 0 Å². The monoisotopic (exact) mass is 363 g/mol. The molecule has 0 fully saturated rings. The van der Waals surface area contributed by atoms with Gasteiger partial charge < -0.3 is 19.4 Å². The molecule has 0 saturated carbocycles. The second-order valence-corrected chi connectivity index (χ2v) is 6.04. The third-order valence-electron chi connectivity index (χ3n) is 4.23. The number of carbonyl (C=O) groups excluding carboxylic acids is 1. The van der Waals surface area contributed by atoms with Crippen LogP contribution in [-0.4, -0.2) is 30.7 Å². The highest BCUT2D eigenvalue weighted by Crippen LogP contribution is 2.27. The molecule has 0 saturated heterocycles. The number of nitriles is 1. The van der Waals surface area contributed by atoms with Crippen LogP contribution in [0, 0.1) is 11.3 Å². The summed E-state index contributed by atoms with van der Waals surface area (Å²) in [4.78, 5) is 12.0. The maximum atomic E-state index is 12.0. The summed E-state index contributed by atoms with van der Waals surface area (Å²) >= 11 is 0. The number of nitrogens with zero attached hydrogens (tertiary/aromatic N) is 2. The van der Waals surface area contributed by atoms with Gasteiger partial charge in [0, 0.05) is 30.9 Å². The van der Waals surface area contributed by atoms with Crippen LogP contribution in [0.3, 0.4) is 0 Å². The molecule has 0 radical (unpaired) electrons. The summed E-state index contributed by atoms with van der Waals surface area (Å²) in [6, 6.07) is 17.2. The van der Waals surface area contributed by atoms with Gasteiger partial charge in [0.15, 0.2) is 18.1 Å². The molecule has 138 valence electrons. The molecule has 0 atom stereocenters. The SMILES string of the molecule is COc1cc(C#N)ccc1OCC(=O)NCCCn1ccc2ccccc21. The Morgan fingerprint density at radius 3 is 2.85 bits per heavy atom. The Morgan fingerprint density at radius 1 is 1.19 bits per heavy atom. The number of hydrogen-bond donors (Lipinski definition) is 1. The van der Waals surface area contributed by atoms with Crippen LogP contribution < -0.4 is 14.8 Å². The first-order chi connectivity index (χ1) is 13.2. The molecule has 0 bridgehead atoms. The molecule has 1 heterocycles. The molecule has 0 aliphatic heterocycles. The maximum Gasteiger partial charge on any atom is 0.257 e. The average Bonchev–Trinajstić information content (AvgIpc) is 3.12. The van der Waals surface area contributed by atoms with Gasteiger partial charge in [-0.1, -0.05) is 18.2 Å². The summed E-state index contributed by atoms with van der Waals surface area (Å²) in [7, 11) is 1.49. The summed E-state index contributed by atoms with van der Waals surface area (Å²) in [5, 5.41) is 13.0. The van der Waals surface area contributed by atoms with Gasteiger partial charge >= 0.3 is 0 Å². The van der Waals surface area contributed by atoms with Crippen LogP contribution in [0.15, 0.2) is 54.7 Å². The number of aromatic nitrogens is 1. The molecule has 3 aromatic rings. The fraction of sp³-hybridized carbons (Fsp3) is 0.238. The Morgan fingerprint density at radius 2 is 2.04 bits per heavy atom. The van der Waals surface area contributed by atoms with Crippen molar-refractivity contribution < 1.29 is 14.3 Å². The first-order valence-corrected chi connectivity index (χ1v) is 8.73. The van der Waals surface area contributed by atoms with E-state index in [1.807, 2.05) is 18.2 Å². The highest BCUT2D eigenvalue weighted by atomic mass is 16.5. The molecule has 0 aliphatic carbocycles. The quantitative estimate of drug-likeness (QED) is 0.624. The van der Waals surface area contributed by atoms with Crippen molar-refractivity contribution in [2.45, 2.75) is 13.0 Å². The molecule has 0 unspecified atom stereocenters. The lowest BCUT2D eigenvalue weighted by Crippen LogP contribution is -2.30. The lowest BCUT2D eigenvalue weighted by atomic mass is 10.2. The minimum atomic E-state index is -0.196. The number of carbonyl (C=O) groups is 1. The van der Waals surface area contributed by atoms with Crippen LogP contribution in [0.2, 0.25) is 0 Å². The van der Waals surface area contributed by atoms with Crippen molar-refractivity contribution in [1.29, 1.82) is 5.26 Å². The number of rotatable bonds is 8. The van der Waals surface area contributed by atoms with E-state index in [1.54, 1.807) is 18.2 Å². The number of fused-ring (bicyclic) bond motifs is 1. The number of aryl methyl sites for hydroxylation is 1. The van der Waals surface area contributed by atoms with Gasteiger partial charge in [0.05, 0.1) is 18.7 Å². The molecule has 1 N–H and O–H groups in total. The summed E-state index contributed by atoms with van der Waals surface area (Å²) in [5.74, 6) is 0.672. The average molecular weight is 363 g/mol. The van der Waals surface area contributed by atoms with E-state index in [-0.39, 0.29) is 12.5 Å². The van der Waals surface area contributed by atoms with E-state index in [0.717, 1.165) is 13.0 Å². The van der Waals surface area contributed by atoms with Crippen LogP contribution in [-0.2, 0) is 11.3 Å². The van der Waals surface area contributed by atoms with Crippen LogP contribution in [0.25, 0.3) is 10.9 Å². The highest BCUT2D eigenvalue weighted by Gasteiger charge is 2.08. The Bertz CT molecular complexity index is 972. The summed E-state index contributed by atoms with van der Waals surface area (Å²) in [6.07, 6.45) is 2.89. The third-order valence-corrected chi connectivity index (χ3v) is 4.23. The van der Waals surface area contributed by atoms with Gasteiger partial charge in [0.1, 0.15) is 0 Å². The van der Waals surface area contributed by atoms with E-state index >= 15 is 0 Å². The Labute approximate surface area is 157 Å². The fourth-order valence-electron chi connectivity index (χ4n) is 2.86. The van der Waals surface area contributed by atoms with Crippen molar-refractivity contribution in [3.63, 3.8) is 0 Å².